The number of carbonyl (C=O) groups excluding carboxylic acids is 1. The molecule has 40 heavy (non-hydrogen) atoms. The van der Waals surface area contributed by atoms with Crippen LogP contribution in [0, 0.1) is 0 Å². The van der Waals surface area contributed by atoms with Gasteiger partial charge in [0.2, 0.25) is 17.8 Å². The van der Waals surface area contributed by atoms with Gasteiger partial charge in [-0.15, -0.1) is 0 Å². The number of ether oxygens (including phenoxy) is 4. The summed E-state index contributed by atoms with van der Waals surface area (Å²) in [5.74, 6) is 2.27. The molecular formula is C26H45N9O5. The minimum absolute atomic E-state index is 0.0237. The predicted molar refractivity (Wildman–Crippen MR) is 156 cm³/mol. The van der Waals surface area contributed by atoms with Crippen molar-refractivity contribution in [2.24, 2.45) is 0 Å². The molecular weight excluding hydrogens is 518 g/mol. The molecule has 1 amide bonds. The molecule has 3 rings (SSSR count). The summed E-state index contributed by atoms with van der Waals surface area (Å²) >= 11 is 0. The lowest BCUT2D eigenvalue weighted by molar-refractivity contribution is -0.129. The van der Waals surface area contributed by atoms with Crippen LogP contribution in [0.1, 0.15) is 13.3 Å². The molecule has 0 spiro atoms. The summed E-state index contributed by atoms with van der Waals surface area (Å²) in [6.07, 6.45) is 0.906. The van der Waals surface area contributed by atoms with E-state index in [1.807, 2.05) is 21.7 Å². The van der Waals surface area contributed by atoms with Gasteiger partial charge in [-0.05, 0) is 6.42 Å². The van der Waals surface area contributed by atoms with Gasteiger partial charge in [0.1, 0.15) is 11.0 Å². The number of likely N-dealkylation sites (N-methyl/N-ethyl adjacent to an activating group) is 1. The van der Waals surface area contributed by atoms with Crippen molar-refractivity contribution in [1.29, 1.82) is 0 Å². The molecule has 1 aliphatic heterocycles. The third-order valence-corrected chi connectivity index (χ3v) is 6.63. The third kappa shape index (κ3) is 8.22. The number of hydrogen-bond donors (Lipinski definition) is 1. The highest BCUT2D eigenvalue weighted by molar-refractivity contribution is 5.96. The Labute approximate surface area is 236 Å². The van der Waals surface area contributed by atoms with Crippen LogP contribution in [0.2, 0.25) is 0 Å². The molecule has 3 heterocycles. The van der Waals surface area contributed by atoms with E-state index in [4.69, 9.17) is 38.9 Å². The zero-order valence-electron chi connectivity index (χ0n) is 24.8. The SMILES string of the molecule is CCCNc1nc(N(CCOC)CCOC)nc2c(N3CCN(C)C(=O)C3)nc(N(CCOC)CCOC)nc12. The summed E-state index contributed by atoms with van der Waals surface area (Å²) < 4.78 is 21.4. The van der Waals surface area contributed by atoms with E-state index >= 15 is 0 Å². The normalized spacial score (nSPS) is 13.8. The van der Waals surface area contributed by atoms with E-state index in [0.717, 1.165) is 6.42 Å². The Morgan fingerprint density at radius 2 is 1.30 bits per heavy atom. The van der Waals surface area contributed by atoms with Gasteiger partial charge in [0.15, 0.2) is 11.6 Å². The molecule has 0 aromatic carbocycles. The summed E-state index contributed by atoms with van der Waals surface area (Å²) in [6, 6.07) is 0. The summed E-state index contributed by atoms with van der Waals surface area (Å²) in [7, 11) is 8.48. The average molecular weight is 564 g/mol. The number of anilines is 4. The smallest absolute Gasteiger partial charge is 0.241 e. The molecule has 14 heteroatoms. The molecule has 2 aromatic rings. The second-order valence-corrected chi connectivity index (χ2v) is 9.53. The minimum atomic E-state index is 0.0237. The van der Waals surface area contributed by atoms with Crippen molar-refractivity contribution < 1.29 is 23.7 Å². The van der Waals surface area contributed by atoms with Gasteiger partial charge in [-0.3, -0.25) is 4.79 Å². The highest BCUT2D eigenvalue weighted by Crippen LogP contribution is 2.31. The fraction of sp³-hybridized carbons (Fsp3) is 0.731. The summed E-state index contributed by atoms with van der Waals surface area (Å²) in [5, 5.41) is 3.45. The first-order chi connectivity index (χ1) is 19.5. The number of nitrogens with zero attached hydrogens (tertiary/aromatic N) is 8. The van der Waals surface area contributed by atoms with E-state index in [9.17, 15) is 4.79 Å². The van der Waals surface area contributed by atoms with Crippen LogP contribution < -0.4 is 20.0 Å². The molecule has 14 nitrogen and oxygen atoms in total. The molecule has 1 saturated heterocycles. The molecule has 1 N–H and O–H groups in total. The average Bonchev–Trinajstić information content (AvgIpc) is 2.97. The van der Waals surface area contributed by atoms with Gasteiger partial charge in [-0.25, -0.2) is 9.97 Å². The van der Waals surface area contributed by atoms with E-state index in [0.29, 0.717) is 107 Å². The van der Waals surface area contributed by atoms with Gasteiger partial charge in [-0.2, -0.15) is 9.97 Å². The van der Waals surface area contributed by atoms with Crippen LogP contribution in [0.15, 0.2) is 0 Å². The first kappa shape index (κ1) is 31.5. The lowest BCUT2D eigenvalue weighted by atomic mass is 10.2. The maximum Gasteiger partial charge on any atom is 0.241 e. The van der Waals surface area contributed by atoms with Gasteiger partial charge < -0.3 is 43.9 Å². The molecule has 0 unspecified atom stereocenters. The minimum Gasteiger partial charge on any atom is -0.383 e. The van der Waals surface area contributed by atoms with Crippen LogP contribution in [0.25, 0.3) is 11.0 Å². The molecule has 0 atom stereocenters. The van der Waals surface area contributed by atoms with Crippen LogP contribution in [-0.4, -0.2) is 145 Å². The second kappa shape index (κ2) is 16.3. The van der Waals surface area contributed by atoms with E-state index in [1.165, 1.54) is 0 Å². The monoisotopic (exact) mass is 563 g/mol. The molecule has 2 aromatic heterocycles. The van der Waals surface area contributed by atoms with Crippen LogP contribution >= 0.6 is 0 Å². The van der Waals surface area contributed by atoms with E-state index in [1.54, 1.807) is 33.3 Å². The lowest BCUT2D eigenvalue weighted by Crippen LogP contribution is -2.49. The summed E-state index contributed by atoms with van der Waals surface area (Å²) in [5.41, 5.74) is 1.19. The van der Waals surface area contributed by atoms with Crippen molar-refractivity contribution in [3.05, 3.63) is 0 Å². The quantitative estimate of drug-likeness (QED) is 0.274. The van der Waals surface area contributed by atoms with Crippen molar-refractivity contribution in [3.8, 4) is 0 Å². The Bertz CT molecular complexity index is 1060. The van der Waals surface area contributed by atoms with Gasteiger partial charge in [0, 0.05) is 81.3 Å². The van der Waals surface area contributed by atoms with Crippen LogP contribution in [0.5, 0.6) is 0 Å². The second-order valence-electron chi connectivity index (χ2n) is 9.53. The largest absolute Gasteiger partial charge is 0.383 e. The maximum atomic E-state index is 12.8. The van der Waals surface area contributed by atoms with Crippen LogP contribution in [0.3, 0.4) is 0 Å². The van der Waals surface area contributed by atoms with Gasteiger partial charge >= 0.3 is 0 Å². The Morgan fingerprint density at radius 1 is 0.775 bits per heavy atom. The van der Waals surface area contributed by atoms with Crippen molar-refractivity contribution in [3.63, 3.8) is 0 Å². The van der Waals surface area contributed by atoms with Crippen LogP contribution in [-0.2, 0) is 23.7 Å². The standard InChI is InChI=1S/C26H45N9O5/c1-7-8-27-23-21-22(29-25(30-23)33(11-15-37-3)12-16-38-4)24(35-10-9-32(2)20(36)19-35)31-26(28-21)34(13-17-39-5)14-18-40-6/h7-19H2,1-6H3,(H,27,29,30). The van der Waals surface area contributed by atoms with Crippen LogP contribution in [0.4, 0.5) is 23.5 Å². The van der Waals surface area contributed by atoms with Crippen molar-refractivity contribution in [1.82, 2.24) is 24.8 Å². The lowest BCUT2D eigenvalue weighted by Gasteiger charge is -2.34. The number of rotatable bonds is 18. The molecule has 224 valence electrons. The Kier molecular flexibility index (Phi) is 12.8. The molecule has 0 radical (unpaired) electrons. The van der Waals surface area contributed by atoms with Gasteiger partial charge in [0.05, 0.1) is 33.0 Å². The Balaban J connectivity index is 2.23. The first-order valence-corrected chi connectivity index (χ1v) is 13.8. The summed E-state index contributed by atoms with van der Waals surface area (Å²) in [6.45, 7) is 8.54. The fourth-order valence-electron chi connectivity index (χ4n) is 4.22. The van der Waals surface area contributed by atoms with Gasteiger partial charge in [0.25, 0.3) is 0 Å². The van der Waals surface area contributed by atoms with Crippen molar-refractivity contribution >= 4 is 40.5 Å². The first-order valence-electron chi connectivity index (χ1n) is 13.8. The highest BCUT2D eigenvalue weighted by atomic mass is 16.5. The van der Waals surface area contributed by atoms with E-state index in [-0.39, 0.29) is 12.5 Å². The number of hydrogen-bond acceptors (Lipinski definition) is 13. The number of methoxy groups -OCH3 is 4. The fourth-order valence-corrected chi connectivity index (χ4v) is 4.22. The topological polar surface area (TPSA) is 131 Å². The molecule has 0 bridgehead atoms. The number of amides is 1. The Hall–Kier alpha value is -3.07. The number of carbonyl (C=O) groups is 1. The van der Waals surface area contributed by atoms with E-state index in [2.05, 4.69) is 12.2 Å². The molecule has 1 fully saturated rings. The zero-order valence-corrected chi connectivity index (χ0v) is 24.8. The molecule has 1 aliphatic rings. The Morgan fingerprint density at radius 3 is 1.80 bits per heavy atom. The predicted octanol–water partition coefficient (Wildman–Crippen LogP) is 0.719. The van der Waals surface area contributed by atoms with E-state index < -0.39 is 0 Å². The van der Waals surface area contributed by atoms with Gasteiger partial charge in [-0.1, -0.05) is 6.92 Å². The van der Waals surface area contributed by atoms with Crippen molar-refractivity contribution in [2.75, 3.05) is 134 Å². The summed E-state index contributed by atoms with van der Waals surface area (Å²) in [4.78, 5) is 40.4. The molecule has 0 aliphatic carbocycles. The third-order valence-electron chi connectivity index (χ3n) is 6.63. The number of fused-ring (bicyclic) bond motifs is 1. The highest BCUT2D eigenvalue weighted by Gasteiger charge is 2.28. The zero-order chi connectivity index (χ0) is 28.9. The number of piperazine rings is 1. The number of nitrogens with one attached hydrogen (secondary N) is 1. The van der Waals surface area contributed by atoms with Crippen molar-refractivity contribution in [2.45, 2.75) is 13.3 Å². The maximum absolute atomic E-state index is 12.8. The molecule has 0 saturated carbocycles. The number of aromatic nitrogens is 4.